The first-order valence-electron chi connectivity index (χ1n) is 9.38. The molecule has 29 heavy (non-hydrogen) atoms. The Morgan fingerprint density at radius 2 is 1.83 bits per heavy atom. The number of fused-ring (bicyclic) bond motifs is 1. The molecule has 0 fully saturated rings. The van der Waals surface area contributed by atoms with Crippen molar-refractivity contribution in [2.75, 3.05) is 5.32 Å². The van der Waals surface area contributed by atoms with Gasteiger partial charge < -0.3 is 5.32 Å². The first-order chi connectivity index (χ1) is 13.9. The van der Waals surface area contributed by atoms with E-state index in [1.165, 1.54) is 0 Å². The number of carbonyl (C=O) groups excluding carboxylic acids is 1. The summed E-state index contributed by atoms with van der Waals surface area (Å²) < 4.78 is 2.85. The van der Waals surface area contributed by atoms with Crippen LogP contribution in [0.15, 0.2) is 59.1 Å². The summed E-state index contributed by atoms with van der Waals surface area (Å²) in [7, 11) is 0. The van der Waals surface area contributed by atoms with Crippen molar-refractivity contribution in [3.8, 4) is 0 Å². The van der Waals surface area contributed by atoms with Gasteiger partial charge in [-0.2, -0.15) is 5.10 Å². The molecule has 4 rings (SSSR count). The molecule has 0 bridgehead atoms. The zero-order valence-electron chi connectivity index (χ0n) is 16.5. The molecule has 2 aromatic heterocycles. The van der Waals surface area contributed by atoms with Gasteiger partial charge in [0.25, 0.3) is 5.91 Å². The number of pyridine rings is 1. The molecule has 2 heterocycles. The molecule has 0 radical (unpaired) electrons. The third-order valence-electron chi connectivity index (χ3n) is 4.86. The monoisotopic (exact) mass is 448 g/mol. The van der Waals surface area contributed by atoms with E-state index in [9.17, 15) is 4.79 Å². The summed E-state index contributed by atoms with van der Waals surface area (Å²) in [6.45, 7) is 6.39. The Kier molecular flexibility index (Phi) is 5.20. The van der Waals surface area contributed by atoms with Crippen molar-refractivity contribution in [2.24, 2.45) is 0 Å². The molecule has 0 unspecified atom stereocenters. The van der Waals surface area contributed by atoms with Crippen molar-refractivity contribution in [1.82, 2.24) is 14.8 Å². The van der Waals surface area contributed by atoms with E-state index in [0.717, 1.165) is 43.7 Å². The van der Waals surface area contributed by atoms with Crippen LogP contribution >= 0.6 is 15.9 Å². The Balaban J connectivity index is 1.75. The van der Waals surface area contributed by atoms with E-state index in [0.29, 0.717) is 12.1 Å². The number of amides is 1. The smallest absolute Gasteiger partial charge is 0.256 e. The minimum atomic E-state index is -0.159. The second-order valence-electron chi connectivity index (χ2n) is 7.15. The highest BCUT2D eigenvalue weighted by atomic mass is 79.9. The zero-order valence-corrected chi connectivity index (χ0v) is 18.1. The maximum Gasteiger partial charge on any atom is 0.256 e. The fraction of sp³-hybridized carbons (Fsp3) is 0.174. The number of nitrogens with zero attached hydrogens (tertiary/aromatic N) is 3. The van der Waals surface area contributed by atoms with Crippen LogP contribution in [-0.4, -0.2) is 20.7 Å². The first kappa shape index (κ1) is 19.3. The van der Waals surface area contributed by atoms with Crippen LogP contribution in [0.1, 0.15) is 32.9 Å². The van der Waals surface area contributed by atoms with Crippen molar-refractivity contribution in [3.63, 3.8) is 0 Å². The van der Waals surface area contributed by atoms with Gasteiger partial charge in [0.2, 0.25) is 0 Å². The van der Waals surface area contributed by atoms with Crippen LogP contribution in [0.2, 0.25) is 0 Å². The summed E-state index contributed by atoms with van der Waals surface area (Å²) in [5.74, 6) is -0.159. The lowest BCUT2D eigenvalue weighted by molar-refractivity contribution is 0.102. The normalized spacial score (nSPS) is 11.0. The topological polar surface area (TPSA) is 59.8 Å². The number of rotatable bonds is 4. The molecule has 1 amide bonds. The van der Waals surface area contributed by atoms with Gasteiger partial charge in [0.15, 0.2) is 5.65 Å². The molecular weight excluding hydrogens is 428 g/mol. The number of halogens is 1. The molecule has 146 valence electrons. The van der Waals surface area contributed by atoms with Gasteiger partial charge >= 0.3 is 0 Å². The maximum atomic E-state index is 13.1. The Bertz CT molecular complexity index is 1210. The highest BCUT2D eigenvalue weighted by Crippen LogP contribution is 2.25. The summed E-state index contributed by atoms with van der Waals surface area (Å²) in [4.78, 5) is 17.8. The number of aryl methyl sites for hydroxylation is 3. The average molecular weight is 449 g/mol. The van der Waals surface area contributed by atoms with E-state index in [1.807, 2.05) is 67.9 Å². The van der Waals surface area contributed by atoms with E-state index in [1.54, 1.807) is 0 Å². The molecule has 0 aliphatic rings. The van der Waals surface area contributed by atoms with Crippen LogP contribution in [0.25, 0.3) is 11.0 Å². The van der Waals surface area contributed by atoms with Gasteiger partial charge in [0.05, 0.1) is 23.2 Å². The van der Waals surface area contributed by atoms with Crippen LogP contribution < -0.4 is 5.32 Å². The van der Waals surface area contributed by atoms with Gasteiger partial charge in [-0.15, -0.1) is 0 Å². The number of nitrogens with one attached hydrogen (secondary N) is 1. The number of anilines is 1. The van der Waals surface area contributed by atoms with E-state index in [2.05, 4.69) is 43.5 Å². The van der Waals surface area contributed by atoms with E-state index in [4.69, 9.17) is 0 Å². The van der Waals surface area contributed by atoms with Crippen LogP contribution in [0.3, 0.4) is 0 Å². The molecule has 0 aliphatic carbocycles. The lowest BCUT2D eigenvalue weighted by atomic mass is 10.1. The minimum Gasteiger partial charge on any atom is -0.322 e. The summed E-state index contributed by atoms with van der Waals surface area (Å²) in [5, 5.41) is 8.50. The highest BCUT2D eigenvalue weighted by Gasteiger charge is 2.19. The summed E-state index contributed by atoms with van der Waals surface area (Å²) in [6, 6.07) is 17.7. The molecule has 0 atom stereocenters. The molecular formula is C23H21BrN4O. The lowest BCUT2D eigenvalue weighted by Crippen LogP contribution is -2.14. The predicted octanol–water partition coefficient (Wildman–Crippen LogP) is 5.42. The summed E-state index contributed by atoms with van der Waals surface area (Å²) in [6.07, 6.45) is 0. The first-order valence-corrected chi connectivity index (χ1v) is 10.2. The van der Waals surface area contributed by atoms with Gasteiger partial charge in [-0.05, 0) is 56.2 Å². The van der Waals surface area contributed by atoms with Crippen molar-refractivity contribution in [1.29, 1.82) is 0 Å². The minimum absolute atomic E-state index is 0.159. The van der Waals surface area contributed by atoms with Gasteiger partial charge in [-0.25, -0.2) is 9.67 Å². The number of hydrogen-bond acceptors (Lipinski definition) is 3. The third-order valence-corrected chi connectivity index (χ3v) is 5.36. The van der Waals surface area contributed by atoms with E-state index in [-0.39, 0.29) is 5.91 Å². The lowest BCUT2D eigenvalue weighted by Gasteiger charge is -2.11. The third kappa shape index (κ3) is 3.93. The fourth-order valence-corrected chi connectivity index (χ4v) is 3.96. The number of hydrogen-bond donors (Lipinski definition) is 1. The molecule has 4 aromatic rings. The number of aromatic nitrogens is 3. The zero-order chi connectivity index (χ0) is 20.5. The average Bonchev–Trinajstić information content (AvgIpc) is 2.99. The molecule has 0 aliphatic heterocycles. The molecule has 0 saturated carbocycles. The quantitative estimate of drug-likeness (QED) is 0.453. The maximum absolute atomic E-state index is 13.1. The molecule has 0 spiro atoms. The molecule has 5 nitrogen and oxygen atoms in total. The van der Waals surface area contributed by atoms with Gasteiger partial charge in [-0.3, -0.25) is 4.79 Å². The summed E-state index contributed by atoms with van der Waals surface area (Å²) in [5.41, 5.74) is 5.80. The van der Waals surface area contributed by atoms with Crippen LogP contribution in [-0.2, 0) is 6.54 Å². The van der Waals surface area contributed by atoms with Gasteiger partial charge in [0, 0.05) is 15.9 Å². The highest BCUT2D eigenvalue weighted by molar-refractivity contribution is 9.10. The van der Waals surface area contributed by atoms with Gasteiger partial charge in [-0.1, -0.05) is 46.3 Å². The van der Waals surface area contributed by atoms with E-state index >= 15 is 0 Å². The SMILES string of the molecule is Cc1cc(C(=O)Nc2ccc(Br)cc2C)c2c(C)nn(Cc3ccccc3)c2n1. The Labute approximate surface area is 177 Å². The molecule has 6 heteroatoms. The van der Waals surface area contributed by atoms with Crippen LogP contribution in [0.4, 0.5) is 5.69 Å². The standard InChI is InChI=1S/C23H21BrN4O/c1-14-11-18(24)9-10-20(14)26-23(29)19-12-15(2)25-22-21(19)16(3)27-28(22)13-17-7-5-4-6-8-17/h4-12H,13H2,1-3H3,(H,26,29). The fourth-order valence-electron chi connectivity index (χ4n) is 3.48. The van der Waals surface area contributed by atoms with Crippen LogP contribution in [0.5, 0.6) is 0 Å². The van der Waals surface area contributed by atoms with Crippen molar-refractivity contribution in [2.45, 2.75) is 27.3 Å². The van der Waals surface area contributed by atoms with Gasteiger partial charge in [0.1, 0.15) is 0 Å². The van der Waals surface area contributed by atoms with E-state index < -0.39 is 0 Å². The molecule has 1 N–H and O–H groups in total. The summed E-state index contributed by atoms with van der Waals surface area (Å²) >= 11 is 3.46. The van der Waals surface area contributed by atoms with Crippen molar-refractivity contribution < 1.29 is 4.79 Å². The Morgan fingerprint density at radius 3 is 2.55 bits per heavy atom. The largest absolute Gasteiger partial charge is 0.322 e. The van der Waals surface area contributed by atoms with Crippen molar-refractivity contribution >= 4 is 38.6 Å². The van der Waals surface area contributed by atoms with Crippen molar-refractivity contribution in [3.05, 3.63) is 87.1 Å². The molecule has 0 saturated heterocycles. The Hall–Kier alpha value is -2.99. The number of carbonyl (C=O) groups is 1. The number of benzene rings is 2. The predicted molar refractivity (Wildman–Crippen MR) is 119 cm³/mol. The van der Waals surface area contributed by atoms with Crippen LogP contribution in [0, 0.1) is 20.8 Å². The Morgan fingerprint density at radius 1 is 1.07 bits per heavy atom. The molecule has 2 aromatic carbocycles. The second-order valence-corrected chi connectivity index (χ2v) is 8.07. The second kappa shape index (κ2) is 7.79.